The monoisotopic (exact) mass is 356 g/mol. The average Bonchev–Trinajstić information content (AvgIpc) is 2.48. The third kappa shape index (κ3) is 4.98. The maximum absolute atomic E-state index is 12.1. The van der Waals surface area contributed by atoms with E-state index in [2.05, 4.69) is 26.6 Å². The number of benzene rings is 1. The summed E-state index contributed by atoms with van der Waals surface area (Å²) in [5, 5.41) is 6.06. The van der Waals surface area contributed by atoms with Crippen LogP contribution in [0.15, 0.2) is 28.7 Å². The molecule has 0 aliphatic carbocycles. The van der Waals surface area contributed by atoms with Crippen LogP contribution < -0.4 is 15.4 Å². The molecule has 116 valence electrons. The number of halogens is 1. The number of rotatable bonds is 5. The summed E-state index contributed by atoms with van der Waals surface area (Å²) >= 11 is 3.38. The number of morpholine rings is 1. The quantitative estimate of drug-likeness (QED) is 0.843. The van der Waals surface area contributed by atoms with Crippen molar-refractivity contribution in [3.8, 4) is 5.75 Å². The molecule has 0 saturated carbocycles. The Balaban J connectivity index is 1.76. The SMILES string of the molecule is CC(CNC(=O)[C@H]1NCCO[C@@H]1C)Oc1ccc(Br)cc1. The minimum atomic E-state index is -0.293. The molecule has 2 N–H and O–H groups in total. The van der Waals surface area contributed by atoms with Gasteiger partial charge in [0.2, 0.25) is 5.91 Å². The Hall–Kier alpha value is -1.11. The van der Waals surface area contributed by atoms with E-state index in [0.29, 0.717) is 19.7 Å². The predicted octanol–water partition coefficient (Wildman–Crippen LogP) is 1.71. The van der Waals surface area contributed by atoms with Gasteiger partial charge in [-0.2, -0.15) is 0 Å². The van der Waals surface area contributed by atoms with E-state index in [1.807, 2.05) is 38.1 Å². The third-order valence-corrected chi connectivity index (χ3v) is 3.84. The molecule has 0 aromatic heterocycles. The first-order chi connectivity index (χ1) is 10.1. The molecule has 2 rings (SSSR count). The zero-order valence-electron chi connectivity index (χ0n) is 12.3. The fraction of sp³-hybridized carbons (Fsp3) is 0.533. The lowest BCUT2D eigenvalue weighted by molar-refractivity contribution is -0.129. The Labute approximate surface area is 133 Å². The second kappa shape index (κ2) is 7.77. The van der Waals surface area contributed by atoms with Gasteiger partial charge in [-0.05, 0) is 38.1 Å². The number of carbonyl (C=O) groups is 1. The molecule has 1 saturated heterocycles. The second-order valence-electron chi connectivity index (χ2n) is 5.14. The second-order valence-corrected chi connectivity index (χ2v) is 6.05. The van der Waals surface area contributed by atoms with Crippen molar-refractivity contribution in [3.63, 3.8) is 0 Å². The Morgan fingerprint density at radius 2 is 2.24 bits per heavy atom. The third-order valence-electron chi connectivity index (χ3n) is 3.31. The van der Waals surface area contributed by atoms with Crippen molar-refractivity contribution in [1.82, 2.24) is 10.6 Å². The van der Waals surface area contributed by atoms with Crippen LogP contribution in [0.3, 0.4) is 0 Å². The standard InChI is InChI=1S/C15H21BrN2O3/c1-10(21-13-5-3-12(16)4-6-13)9-18-15(19)14-11(2)20-8-7-17-14/h3-6,10-11,14,17H,7-9H2,1-2H3,(H,18,19)/t10?,11-,14+/m1/s1. The fourth-order valence-electron chi connectivity index (χ4n) is 2.17. The van der Waals surface area contributed by atoms with Crippen LogP contribution in [0, 0.1) is 0 Å². The summed E-state index contributed by atoms with van der Waals surface area (Å²) in [6, 6.07) is 7.33. The molecule has 0 bridgehead atoms. The first-order valence-corrected chi connectivity index (χ1v) is 7.90. The molecule has 1 aliphatic heterocycles. The molecule has 1 amide bonds. The summed E-state index contributed by atoms with van der Waals surface area (Å²) in [5.74, 6) is 0.737. The lowest BCUT2D eigenvalue weighted by Crippen LogP contribution is -2.56. The summed E-state index contributed by atoms with van der Waals surface area (Å²) in [4.78, 5) is 12.1. The van der Waals surface area contributed by atoms with E-state index in [0.717, 1.165) is 10.2 Å². The van der Waals surface area contributed by atoms with Gasteiger partial charge in [-0.1, -0.05) is 15.9 Å². The fourth-order valence-corrected chi connectivity index (χ4v) is 2.43. The number of carbonyl (C=O) groups excluding carboxylic acids is 1. The topological polar surface area (TPSA) is 59.6 Å². The Morgan fingerprint density at radius 1 is 1.52 bits per heavy atom. The molecule has 1 unspecified atom stereocenters. The molecule has 6 heteroatoms. The summed E-state index contributed by atoms with van der Waals surface area (Å²) in [6.45, 7) is 5.63. The van der Waals surface area contributed by atoms with E-state index in [9.17, 15) is 4.79 Å². The normalized spacial score (nSPS) is 23.4. The van der Waals surface area contributed by atoms with Crippen LogP contribution in [0.2, 0.25) is 0 Å². The van der Waals surface area contributed by atoms with E-state index in [1.165, 1.54) is 0 Å². The zero-order valence-corrected chi connectivity index (χ0v) is 13.9. The van der Waals surface area contributed by atoms with Crippen molar-refractivity contribution >= 4 is 21.8 Å². The maximum Gasteiger partial charge on any atom is 0.239 e. The van der Waals surface area contributed by atoms with Crippen LogP contribution in [0.1, 0.15) is 13.8 Å². The van der Waals surface area contributed by atoms with Crippen LogP contribution in [0.5, 0.6) is 5.75 Å². The number of hydrogen-bond acceptors (Lipinski definition) is 4. The predicted molar refractivity (Wildman–Crippen MR) is 84.4 cm³/mol. The van der Waals surface area contributed by atoms with Crippen LogP contribution >= 0.6 is 15.9 Å². The van der Waals surface area contributed by atoms with Gasteiger partial charge >= 0.3 is 0 Å². The van der Waals surface area contributed by atoms with E-state index in [1.54, 1.807) is 0 Å². The van der Waals surface area contributed by atoms with Gasteiger partial charge in [0.05, 0.1) is 19.3 Å². The highest BCUT2D eigenvalue weighted by atomic mass is 79.9. The number of ether oxygens (including phenoxy) is 2. The number of nitrogens with one attached hydrogen (secondary N) is 2. The minimum Gasteiger partial charge on any atom is -0.489 e. The molecular formula is C15H21BrN2O3. The van der Waals surface area contributed by atoms with E-state index >= 15 is 0 Å². The maximum atomic E-state index is 12.1. The molecule has 1 aromatic carbocycles. The van der Waals surface area contributed by atoms with Gasteiger partial charge < -0.3 is 20.1 Å². The van der Waals surface area contributed by atoms with Crippen LogP contribution in [0.25, 0.3) is 0 Å². The van der Waals surface area contributed by atoms with Gasteiger partial charge in [0, 0.05) is 11.0 Å². The Kier molecular flexibility index (Phi) is 6.02. The molecule has 0 spiro atoms. The Bertz CT molecular complexity index is 466. The van der Waals surface area contributed by atoms with Gasteiger partial charge in [0.25, 0.3) is 0 Å². The molecule has 1 aromatic rings. The summed E-state index contributed by atoms with van der Waals surface area (Å²) in [5.41, 5.74) is 0. The highest BCUT2D eigenvalue weighted by Crippen LogP contribution is 2.17. The molecule has 1 fully saturated rings. The molecule has 1 heterocycles. The van der Waals surface area contributed by atoms with Crippen LogP contribution in [0.4, 0.5) is 0 Å². The largest absolute Gasteiger partial charge is 0.489 e. The average molecular weight is 357 g/mol. The van der Waals surface area contributed by atoms with Crippen molar-refractivity contribution < 1.29 is 14.3 Å². The van der Waals surface area contributed by atoms with Gasteiger partial charge in [-0.3, -0.25) is 4.79 Å². The molecule has 0 radical (unpaired) electrons. The lowest BCUT2D eigenvalue weighted by Gasteiger charge is -2.29. The first kappa shape index (κ1) is 16.3. The molecular weight excluding hydrogens is 336 g/mol. The van der Waals surface area contributed by atoms with Gasteiger partial charge in [-0.15, -0.1) is 0 Å². The van der Waals surface area contributed by atoms with Gasteiger partial charge in [0.1, 0.15) is 17.9 Å². The van der Waals surface area contributed by atoms with Crippen molar-refractivity contribution in [2.75, 3.05) is 19.7 Å². The van der Waals surface area contributed by atoms with Crippen molar-refractivity contribution in [1.29, 1.82) is 0 Å². The van der Waals surface area contributed by atoms with Gasteiger partial charge in [0.15, 0.2) is 0 Å². The highest BCUT2D eigenvalue weighted by Gasteiger charge is 2.28. The van der Waals surface area contributed by atoms with E-state index in [-0.39, 0.29) is 24.2 Å². The highest BCUT2D eigenvalue weighted by molar-refractivity contribution is 9.10. The number of hydrogen-bond donors (Lipinski definition) is 2. The van der Waals surface area contributed by atoms with Crippen LogP contribution in [-0.4, -0.2) is 43.9 Å². The van der Waals surface area contributed by atoms with E-state index < -0.39 is 0 Å². The summed E-state index contributed by atoms with van der Waals surface area (Å²) in [7, 11) is 0. The summed E-state index contributed by atoms with van der Waals surface area (Å²) < 4.78 is 12.2. The molecule has 5 nitrogen and oxygen atoms in total. The first-order valence-electron chi connectivity index (χ1n) is 7.11. The van der Waals surface area contributed by atoms with Crippen LogP contribution in [-0.2, 0) is 9.53 Å². The van der Waals surface area contributed by atoms with Gasteiger partial charge in [-0.25, -0.2) is 0 Å². The van der Waals surface area contributed by atoms with Crippen molar-refractivity contribution in [2.24, 2.45) is 0 Å². The van der Waals surface area contributed by atoms with Crippen molar-refractivity contribution in [2.45, 2.75) is 32.1 Å². The molecule has 3 atom stereocenters. The summed E-state index contributed by atoms with van der Waals surface area (Å²) in [6.07, 6.45) is -0.212. The zero-order chi connectivity index (χ0) is 15.2. The smallest absolute Gasteiger partial charge is 0.239 e. The molecule has 1 aliphatic rings. The molecule has 21 heavy (non-hydrogen) atoms. The number of amides is 1. The van der Waals surface area contributed by atoms with Crippen molar-refractivity contribution in [3.05, 3.63) is 28.7 Å². The lowest BCUT2D eigenvalue weighted by atomic mass is 10.1. The minimum absolute atomic E-state index is 0.0477. The Morgan fingerprint density at radius 3 is 2.90 bits per heavy atom. The van der Waals surface area contributed by atoms with E-state index in [4.69, 9.17) is 9.47 Å².